The van der Waals surface area contributed by atoms with Gasteiger partial charge in [-0.25, -0.2) is 0 Å². The van der Waals surface area contributed by atoms with E-state index in [0.29, 0.717) is 6.04 Å². The Morgan fingerprint density at radius 2 is 1.95 bits per heavy atom. The molecule has 1 aromatic carbocycles. The summed E-state index contributed by atoms with van der Waals surface area (Å²) in [6, 6.07) is 11.5. The lowest BCUT2D eigenvalue weighted by Gasteiger charge is -2.14. The molecule has 0 spiro atoms. The van der Waals surface area contributed by atoms with Crippen molar-refractivity contribution >= 4 is 11.8 Å². The maximum atomic E-state index is 4.24. The van der Waals surface area contributed by atoms with Gasteiger partial charge in [-0.15, -0.1) is 11.8 Å². The van der Waals surface area contributed by atoms with Gasteiger partial charge in [0, 0.05) is 29.1 Å². The third-order valence-electron chi connectivity index (χ3n) is 3.42. The molecule has 2 nitrogen and oxygen atoms in total. The van der Waals surface area contributed by atoms with E-state index < -0.39 is 0 Å². The molecular formula is C18H24N2S. The summed E-state index contributed by atoms with van der Waals surface area (Å²) in [5, 5.41) is 3.52. The Morgan fingerprint density at radius 3 is 2.62 bits per heavy atom. The number of thioether (sulfide) groups is 1. The van der Waals surface area contributed by atoms with Gasteiger partial charge in [0.1, 0.15) is 0 Å². The van der Waals surface area contributed by atoms with E-state index in [9.17, 15) is 0 Å². The van der Waals surface area contributed by atoms with Crippen LogP contribution in [0.3, 0.4) is 0 Å². The Morgan fingerprint density at radius 1 is 1.19 bits per heavy atom. The molecule has 0 radical (unpaired) electrons. The highest BCUT2D eigenvalue weighted by Gasteiger charge is 2.04. The minimum atomic E-state index is 0.421. The van der Waals surface area contributed by atoms with Gasteiger partial charge < -0.3 is 5.32 Å². The number of benzene rings is 1. The summed E-state index contributed by atoms with van der Waals surface area (Å²) in [4.78, 5) is 5.55. The van der Waals surface area contributed by atoms with Crippen LogP contribution in [0.25, 0.3) is 0 Å². The largest absolute Gasteiger partial charge is 0.310 e. The first kappa shape index (κ1) is 16.1. The van der Waals surface area contributed by atoms with Gasteiger partial charge in [-0.05, 0) is 55.6 Å². The van der Waals surface area contributed by atoms with Gasteiger partial charge in [0.15, 0.2) is 0 Å². The first-order valence-corrected chi connectivity index (χ1v) is 8.54. The lowest BCUT2D eigenvalue weighted by atomic mass is 10.1. The fraction of sp³-hybridized carbons (Fsp3) is 0.389. The van der Waals surface area contributed by atoms with Crippen LogP contribution in [0.1, 0.15) is 43.0 Å². The Labute approximate surface area is 132 Å². The Kier molecular flexibility index (Phi) is 6.27. The minimum Gasteiger partial charge on any atom is -0.310 e. The summed E-state index contributed by atoms with van der Waals surface area (Å²) in [6.07, 6.45) is 5.02. The summed E-state index contributed by atoms with van der Waals surface area (Å²) >= 11 is 1.86. The first-order chi connectivity index (χ1) is 10.2. The zero-order valence-electron chi connectivity index (χ0n) is 13.1. The molecule has 1 unspecified atom stereocenters. The molecule has 0 amide bonds. The lowest BCUT2D eigenvalue weighted by Crippen LogP contribution is -2.19. The molecule has 1 heterocycles. The zero-order chi connectivity index (χ0) is 15.1. The molecule has 1 atom stereocenters. The van der Waals surface area contributed by atoms with Crippen LogP contribution < -0.4 is 5.32 Å². The van der Waals surface area contributed by atoms with Crippen molar-refractivity contribution in [3.63, 3.8) is 0 Å². The zero-order valence-corrected chi connectivity index (χ0v) is 13.9. The standard InChI is InChI=1S/C18H24N2S/c1-4-9-20-15(3)17-5-7-18(8-6-17)21-13-16-10-14(2)11-19-12-16/h5-8,10-12,15,20H,4,9,13H2,1-3H3. The Hall–Kier alpha value is -1.32. The minimum absolute atomic E-state index is 0.421. The van der Waals surface area contributed by atoms with E-state index >= 15 is 0 Å². The van der Waals surface area contributed by atoms with Crippen LogP contribution in [0.15, 0.2) is 47.6 Å². The predicted molar refractivity (Wildman–Crippen MR) is 91.7 cm³/mol. The van der Waals surface area contributed by atoms with Crippen LogP contribution in [0.2, 0.25) is 0 Å². The van der Waals surface area contributed by atoms with Crippen LogP contribution >= 0.6 is 11.8 Å². The van der Waals surface area contributed by atoms with Crippen molar-refractivity contribution in [1.82, 2.24) is 10.3 Å². The van der Waals surface area contributed by atoms with Crippen LogP contribution in [0.4, 0.5) is 0 Å². The van der Waals surface area contributed by atoms with Crippen LogP contribution in [-0.4, -0.2) is 11.5 Å². The summed E-state index contributed by atoms with van der Waals surface area (Å²) in [6.45, 7) is 7.56. The molecular weight excluding hydrogens is 276 g/mol. The van der Waals surface area contributed by atoms with Gasteiger partial charge in [-0.2, -0.15) is 0 Å². The van der Waals surface area contributed by atoms with Gasteiger partial charge in [0.25, 0.3) is 0 Å². The molecule has 0 bridgehead atoms. The molecule has 1 N–H and O–H groups in total. The average molecular weight is 300 g/mol. The van der Waals surface area contributed by atoms with E-state index in [1.54, 1.807) is 0 Å². The van der Waals surface area contributed by atoms with E-state index in [2.05, 4.69) is 61.4 Å². The second-order valence-corrected chi connectivity index (χ2v) is 6.45. The number of hydrogen-bond acceptors (Lipinski definition) is 3. The maximum absolute atomic E-state index is 4.24. The highest BCUT2D eigenvalue weighted by molar-refractivity contribution is 7.98. The fourth-order valence-electron chi connectivity index (χ4n) is 2.19. The molecule has 21 heavy (non-hydrogen) atoms. The second-order valence-electron chi connectivity index (χ2n) is 5.40. The fourth-order valence-corrected chi connectivity index (χ4v) is 3.01. The quantitative estimate of drug-likeness (QED) is 0.747. The van der Waals surface area contributed by atoms with Gasteiger partial charge in [-0.3, -0.25) is 4.98 Å². The number of hydrogen-bond donors (Lipinski definition) is 1. The molecule has 112 valence electrons. The SMILES string of the molecule is CCCNC(C)c1ccc(SCc2cncc(C)c2)cc1. The molecule has 2 rings (SSSR count). The maximum Gasteiger partial charge on any atom is 0.0308 e. The first-order valence-electron chi connectivity index (χ1n) is 7.55. The molecule has 1 aromatic heterocycles. The second kappa shape index (κ2) is 8.20. The smallest absolute Gasteiger partial charge is 0.0308 e. The molecule has 2 aromatic rings. The van der Waals surface area contributed by atoms with E-state index in [4.69, 9.17) is 0 Å². The normalized spacial score (nSPS) is 12.3. The van der Waals surface area contributed by atoms with Crippen molar-refractivity contribution in [2.75, 3.05) is 6.54 Å². The topological polar surface area (TPSA) is 24.9 Å². The van der Waals surface area contributed by atoms with Crippen LogP contribution in [-0.2, 0) is 5.75 Å². The van der Waals surface area contributed by atoms with E-state index in [0.717, 1.165) is 12.3 Å². The van der Waals surface area contributed by atoms with E-state index in [1.807, 2.05) is 24.2 Å². The lowest BCUT2D eigenvalue weighted by molar-refractivity contribution is 0.570. The van der Waals surface area contributed by atoms with Crippen molar-refractivity contribution in [1.29, 1.82) is 0 Å². The van der Waals surface area contributed by atoms with Gasteiger partial charge in [0.2, 0.25) is 0 Å². The number of aromatic nitrogens is 1. The van der Waals surface area contributed by atoms with Crippen molar-refractivity contribution in [3.05, 3.63) is 59.4 Å². The highest BCUT2D eigenvalue weighted by Crippen LogP contribution is 2.24. The van der Waals surface area contributed by atoms with Gasteiger partial charge in [0.05, 0.1) is 0 Å². The predicted octanol–water partition coefficient (Wildman–Crippen LogP) is 4.74. The highest BCUT2D eigenvalue weighted by atomic mass is 32.2. The van der Waals surface area contributed by atoms with E-state index in [1.165, 1.54) is 28.0 Å². The summed E-state index contributed by atoms with van der Waals surface area (Å²) < 4.78 is 0. The third kappa shape index (κ3) is 5.18. The summed E-state index contributed by atoms with van der Waals surface area (Å²) in [5.74, 6) is 0.970. The van der Waals surface area contributed by atoms with Crippen molar-refractivity contribution < 1.29 is 0 Å². The summed E-state index contributed by atoms with van der Waals surface area (Å²) in [5.41, 5.74) is 3.85. The van der Waals surface area contributed by atoms with E-state index in [-0.39, 0.29) is 0 Å². The molecule has 0 aliphatic rings. The number of nitrogens with one attached hydrogen (secondary N) is 1. The number of pyridine rings is 1. The third-order valence-corrected chi connectivity index (χ3v) is 4.50. The van der Waals surface area contributed by atoms with Crippen molar-refractivity contribution in [3.8, 4) is 0 Å². The average Bonchev–Trinajstić information content (AvgIpc) is 2.51. The number of nitrogens with zero attached hydrogens (tertiary/aromatic N) is 1. The number of rotatable bonds is 7. The molecule has 0 saturated carbocycles. The van der Waals surface area contributed by atoms with Crippen molar-refractivity contribution in [2.24, 2.45) is 0 Å². The Bertz CT molecular complexity index is 551. The Balaban J connectivity index is 1.90. The van der Waals surface area contributed by atoms with Crippen LogP contribution in [0, 0.1) is 6.92 Å². The molecule has 3 heteroatoms. The van der Waals surface area contributed by atoms with Crippen molar-refractivity contribution in [2.45, 2.75) is 43.9 Å². The molecule has 0 saturated heterocycles. The van der Waals surface area contributed by atoms with Gasteiger partial charge in [-0.1, -0.05) is 25.1 Å². The molecule has 0 aliphatic carbocycles. The van der Waals surface area contributed by atoms with Gasteiger partial charge >= 0.3 is 0 Å². The monoisotopic (exact) mass is 300 g/mol. The number of aryl methyl sites for hydroxylation is 1. The van der Waals surface area contributed by atoms with Crippen LogP contribution in [0.5, 0.6) is 0 Å². The molecule has 0 aliphatic heterocycles. The molecule has 0 fully saturated rings. The summed E-state index contributed by atoms with van der Waals surface area (Å²) in [7, 11) is 0.